The van der Waals surface area contributed by atoms with Gasteiger partial charge in [0.25, 0.3) is 10.0 Å². The number of benzene rings is 2. The number of aromatic nitrogens is 3. The molecule has 0 spiro atoms. The minimum atomic E-state index is -4.56. The minimum Gasteiger partial charge on any atom is -0.609 e. The third kappa shape index (κ3) is 8.02. The fourth-order valence-corrected chi connectivity index (χ4v) is 6.75. The molecule has 2 aromatic carbocycles. The molecule has 0 aliphatic carbocycles. The molecule has 0 radical (unpaired) electrons. The Bertz CT molecular complexity index is 1710. The summed E-state index contributed by atoms with van der Waals surface area (Å²) in [7, 11) is -4.38. The first kappa shape index (κ1) is 34.7. The molecule has 1 atom stereocenters. The van der Waals surface area contributed by atoms with Crippen LogP contribution in [0, 0.1) is 12.3 Å². The van der Waals surface area contributed by atoms with Crippen molar-refractivity contribution in [3.63, 3.8) is 0 Å². The van der Waals surface area contributed by atoms with Crippen molar-refractivity contribution in [2.24, 2.45) is 5.41 Å². The van der Waals surface area contributed by atoms with Crippen LogP contribution >= 0.6 is 0 Å². The Labute approximate surface area is 270 Å². The van der Waals surface area contributed by atoms with Gasteiger partial charge in [-0.05, 0) is 49.4 Å². The smallest absolute Gasteiger partial charge is 0.609 e. The number of aliphatic carboxylic acids is 1. The Balaban J connectivity index is 0.00000506. The first-order valence-electron chi connectivity index (χ1n) is 12.3. The Morgan fingerprint density at radius 1 is 1.02 bits per heavy atom. The SMILES string of the molecule is Cc1c(OCC(F)(F)F)ccnc1C[S+]([O-])c1nc2ccccc2n1S(=O)(=O)c1ccc(OCC(C)(C)C(=O)[O-])cc1.[Na+]. The van der Waals surface area contributed by atoms with Gasteiger partial charge < -0.3 is 23.9 Å². The molecular weight excluding hydrogens is 622 g/mol. The van der Waals surface area contributed by atoms with E-state index in [9.17, 15) is 36.0 Å². The maximum absolute atomic E-state index is 13.8. The van der Waals surface area contributed by atoms with Gasteiger partial charge >= 0.3 is 40.9 Å². The molecule has 43 heavy (non-hydrogen) atoms. The number of hydrogen-bond acceptors (Lipinski definition) is 9. The van der Waals surface area contributed by atoms with Crippen molar-refractivity contribution >= 4 is 38.2 Å². The Morgan fingerprint density at radius 2 is 1.67 bits per heavy atom. The summed E-state index contributed by atoms with van der Waals surface area (Å²) < 4.78 is 90.4. The van der Waals surface area contributed by atoms with E-state index in [-0.39, 0.29) is 85.8 Å². The number of carboxylic acid groups (broad SMARTS) is 1. The van der Waals surface area contributed by atoms with Crippen LogP contribution in [0.5, 0.6) is 11.5 Å². The zero-order valence-corrected chi connectivity index (χ0v) is 27.2. The van der Waals surface area contributed by atoms with Gasteiger partial charge in [-0.2, -0.15) is 22.1 Å². The Hall–Kier alpha value is -2.82. The van der Waals surface area contributed by atoms with E-state index in [0.29, 0.717) is 0 Å². The molecule has 16 heteroatoms. The molecule has 10 nitrogen and oxygen atoms in total. The van der Waals surface area contributed by atoms with Gasteiger partial charge in [0.1, 0.15) is 11.5 Å². The predicted octanol–water partition coefficient (Wildman–Crippen LogP) is 0.385. The monoisotopic (exact) mass is 647 g/mol. The standard InChI is InChI=1S/C27H26F3N3O7S2.Na/c1-17-21(31-13-12-23(17)40-16-27(28,29)30)14-41(36)25-32-20-6-4-5-7-22(20)33(25)42(37,38)19-10-8-18(9-11-19)39-15-26(2,3)24(34)35;/h4-13H,14-16H2,1-3H3,(H,34,35);/q;+1/p-1. The van der Waals surface area contributed by atoms with Gasteiger partial charge in [-0.1, -0.05) is 26.0 Å². The number of carbonyl (C=O) groups excluding carboxylic acids is 1. The van der Waals surface area contributed by atoms with Crippen molar-refractivity contribution in [2.45, 2.75) is 42.8 Å². The van der Waals surface area contributed by atoms with E-state index in [0.717, 1.165) is 3.97 Å². The number of imidazole rings is 1. The average molecular weight is 648 g/mol. The predicted molar refractivity (Wildman–Crippen MR) is 144 cm³/mol. The third-order valence-corrected chi connectivity index (χ3v) is 9.18. The molecule has 0 saturated carbocycles. The number of hydrogen-bond donors (Lipinski definition) is 0. The molecule has 2 aromatic heterocycles. The second-order valence-corrected chi connectivity index (χ2v) is 13.0. The number of para-hydroxylation sites is 2. The van der Waals surface area contributed by atoms with E-state index in [4.69, 9.17) is 9.47 Å². The van der Waals surface area contributed by atoms with Crippen LogP contribution in [0.3, 0.4) is 0 Å². The molecule has 224 valence electrons. The summed E-state index contributed by atoms with van der Waals surface area (Å²) in [6.45, 7) is 2.58. The van der Waals surface area contributed by atoms with Crippen LogP contribution in [0.4, 0.5) is 13.2 Å². The zero-order valence-electron chi connectivity index (χ0n) is 23.5. The molecule has 0 fully saturated rings. The summed E-state index contributed by atoms with van der Waals surface area (Å²) in [6, 6.07) is 12.7. The summed E-state index contributed by atoms with van der Waals surface area (Å²) in [6.07, 6.45) is -3.35. The number of carbonyl (C=O) groups is 1. The Morgan fingerprint density at radius 3 is 2.30 bits per heavy atom. The van der Waals surface area contributed by atoms with E-state index in [2.05, 4.69) is 9.97 Å². The molecular formula is C27H25F3N3NaO7S2. The quantitative estimate of drug-likeness (QED) is 0.167. The maximum Gasteiger partial charge on any atom is 1.00 e. The molecule has 2 heterocycles. The minimum absolute atomic E-state index is 0. The second-order valence-electron chi connectivity index (χ2n) is 9.86. The van der Waals surface area contributed by atoms with Crippen LogP contribution in [-0.2, 0) is 31.7 Å². The van der Waals surface area contributed by atoms with Crippen LogP contribution < -0.4 is 44.1 Å². The fourth-order valence-electron chi connectivity index (χ4n) is 3.70. The normalized spacial score (nSPS) is 12.9. The van der Waals surface area contributed by atoms with Crippen LogP contribution in [-0.4, -0.2) is 52.3 Å². The number of ether oxygens (including phenoxy) is 2. The molecule has 0 saturated heterocycles. The zero-order chi connectivity index (χ0) is 30.9. The molecule has 1 unspecified atom stereocenters. The third-order valence-electron chi connectivity index (χ3n) is 6.13. The van der Waals surface area contributed by atoms with Crippen LogP contribution in [0.15, 0.2) is 70.8 Å². The summed E-state index contributed by atoms with van der Waals surface area (Å²) in [5.41, 5.74) is -0.510. The van der Waals surface area contributed by atoms with Crippen molar-refractivity contribution in [2.75, 3.05) is 13.2 Å². The van der Waals surface area contributed by atoms with Gasteiger partial charge in [0.2, 0.25) is 0 Å². The maximum atomic E-state index is 13.8. The van der Waals surface area contributed by atoms with E-state index >= 15 is 0 Å². The van der Waals surface area contributed by atoms with Gasteiger partial charge in [0, 0.05) is 28.4 Å². The number of nitrogens with zero attached hydrogens (tertiary/aromatic N) is 3. The number of fused-ring (bicyclic) bond motifs is 1. The van der Waals surface area contributed by atoms with Crippen molar-refractivity contribution in [1.82, 2.24) is 13.9 Å². The largest absolute Gasteiger partial charge is 1.00 e. The van der Waals surface area contributed by atoms with Crippen LogP contribution in [0.2, 0.25) is 0 Å². The summed E-state index contributed by atoms with van der Waals surface area (Å²) >= 11 is -2.11. The first-order valence-corrected chi connectivity index (χ1v) is 15.1. The molecule has 0 aliphatic rings. The first-order chi connectivity index (χ1) is 19.6. The van der Waals surface area contributed by atoms with E-state index in [1.807, 2.05) is 0 Å². The van der Waals surface area contributed by atoms with Gasteiger partial charge in [-0.3, -0.25) is 4.98 Å². The van der Waals surface area contributed by atoms with Gasteiger partial charge in [0.15, 0.2) is 12.4 Å². The molecule has 0 N–H and O–H groups in total. The topological polar surface area (TPSA) is 146 Å². The summed E-state index contributed by atoms with van der Waals surface area (Å²) in [4.78, 5) is 19.4. The van der Waals surface area contributed by atoms with Gasteiger partial charge in [0.05, 0.1) is 34.2 Å². The second kappa shape index (κ2) is 13.4. The van der Waals surface area contributed by atoms with Crippen molar-refractivity contribution in [3.05, 3.63) is 72.1 Å². The number of pyridine rings is 1. The van der Waals surface area contributed by atoms with Crippen molar-refractivity contribution in [3.8, 4) is 11.5 Å². The van der Waals surface area contributed by atoms with Gasteiger partial charge in [-0.25, -0.2) is 8.42 Å². The van der Waals surface area contributed by atoms with Crippen molar-refractivity contribution in [1.29, 1.82) is 0 Å². The Kier molecular flexibility index (Phi) is 10.8. The number of alkyl halides is 3. The van der Waals surface area contributed by atoms with E-state index in [1.54, 1.807) is 18.2 Å². The molecule has 0 aliphatic heterocycles. The molecule has 4 rings (SSSR count). The average Bonchev–Trinajstić information content (AvgIpc) is 3.33. The van der Waals surface area contributed by atoms with E-state index < -0.39 is 45.4 Å². The molecule has 0 amide bonds. The number of halogens is 3. The fraction of sp³-hybridized carbons (Fsp3) is 0.296. The molecule has 0 bridgehead atoms. The van der Waals surface area contributed by atoms with Gasteiger partial charge in [-0.15, -0.1) is 0 Å². The van der Waals surface area contributed by atoms with Crippen LogP contribution in [0.25, 0.3) is 11.0 Å². The van der Waals surface area contributed by atoms with Crippen LogP contribution in [0.1, 0.15) is 25.1 Å². The van der Waals surface area contributed by atoms with E-state index in [1.165, 1.54) is 63.4 Å². The summed E-state index contributed by atoms with van der Waals surface area (Å²) in [5.74, 6) is -1.54. The van der Waals surface area contributed by atoms with Crippen molar-refractivity contribution < 1.29 is 75.1 Å². The summed E-state index contributed by atoms with van der Waals surface area (Å²) in [5, 5.41) is 10.9. The number of rotatable bonds is 11. The number of carboxylic acids is 1. The molecule has 4 aromatic rings.